The third-order valence-electron chi connectivity index (χ3n) is 5.41. The van der Waals surface area contributed by atoms with Gasteiger partial charge in [0.25, 0.3) is 0 Å². The van der Waals surface area contributed by atoms with E-state index in [-0.39, 0.29) is 11.3 Å². The van der Waals surface area contributed by atoms with Crippen LogP contribution in [0.3, 0.4) is 0 Å². The molecule has 1 aromatic heterocycles. The fourth-order valence-corrected chi connectivity index (χ4v) is 3.64. The Balaban J connectivity index is 1.76. The van der Waals surface area contributed by atoms with Gasteiger partial charge in [0.05, 0.1) is 11.0 Å². The summed E-state index contributed by atoms with van der Waals surface area (Å²) in [6, 6.07) is 25.6. The van der Waals surface area contributed by atoms with Crippen LogP contribution >= 0.6 is 0 Å². The molecule has 4 nitrogen and oxygen atoms in total. The smallest absolute Gasteiger partial charge is 0.247 e. The second kappa shape index (κ2) is 7.79. The van der Waals surface area contributed by atoms with E-state index in [4.69, 9.17) is 4.98 Å². The molecule has 30 heavy (non-hydrogen) atoms. The van der Waals surface area contributed by atoms with Crippen molar-refractivity contribution in [2.75, 3.05) is 5.32 Å². The third kappa shape index (κ3) is 3.86. The molecule has 0 aliphatic carbocycles. The zero-order valence-corrected chi connectivity index (χ0v) is 17.9. The van der Waals surface area contributed by atoms with Crippen LogP contribution in [0.1, 0.15) is 39.3 Å². The van der Waals surface area contributed by atoms with Crippen molar-refractivity contribution in [2.45, 2.75) is 39.2 Å². The van der Waals surface area contributed by atoms with E-state index in [2.05, 4.69) is 50.4 Å². The molecule has 1 amide bonds. The number of hydrogen-bond acceptors (Lipinski definition) is 2. The van der Waals surface area contributed by atoms with Crippen LogP contribution in [0, 0.1) is 0 Å². The van der Waals surface area contributed by atoms with Gasteiger partial charge in [-0.15, -0.1) is 0 Å². The highest BCUT2D eigenvalue weighted by molar-refractivity contribution is 5.95. The van der Waals surface area contributed by atoms with Crippen LogP contribution in [-0.2, 0) is 10.2 Å². The number of anilines is 1. The Labute approximate surface area is 177 Å². The lowest BCUT2D eigenvalue weighted by atomic mass is 9.86. The zero-order valence-electron chi connectivity index (χ0n) is 17.9. The molecule has 0 fully saturated rings. The number of carbonyl (C=O) groups excluding carboxylic acids is 1. The lowest BCUT2D eigenvalue weighted by molar-refractivity contribution is -0.118. The fraction of sp³-hybridized carbons (Fsp3) is 0.231. The molecular formula is C26H27N3O. The molecule has 1 N–H and O–H groups in total. The van der Waals surface area contributed by atoms with Crippen molar-refractivity contribution in [3.8, 4) is 11.4 Å². The maximum Gasteiger partial charge on any atom is 0.247 e. The molecule has 1 unspecified atom stereocenters. The molecule has 0 bridgehead atoms. The molecule has 4 heteroatoms. The van der Waals surface area contributed by atoms with Crippen molar-refractivity contribution in [3.05, 3.63) is 84.4 Å². The van der Waals surface area contributed by atoms with Crippen LogP contribution in [-0.4, -0.2) is 15.5 Å². The van der Waals surface area contributed by atoms with E-state index in [9.17, 15) is 4.79 Å². The first-order valence-corrected chi connectivity index (χ1v) is 10.3. The van der Waals surface area contributed by atoms with E-state index in [1.165, 1.54) is 5.56 Å². The number of amides is 1. The molecule has 4 aromatic rings. The third-order valence-corrected chi connectivity index (χ3v) is 5.41. The van der Waals surface area contributed by atoms with E-state index >= 15 is 0 Å². The minimum Gasteiger partial charge on any atom is -0.324 e. The lowest BCUT2D eigenvalue weighted by Crippen LogP contribution is -2.24. The summed E-state index contributed by atoms with van der Waals surface area (Å²) in [5.41, 5.74) is 4.97. The summed E-state index contributed by atoms with van der Waals surface area (Å²) in [5, 5.41) is 3.01. The SMILES string of the molecule is CC(C(=O)Nc1ccccc1)n1c(-c2ccc(C(C)(C)C)cc2)nc2ccccc21. The van der Waals surface area contributed by atoms with Crippen LogP contribution in [0.25, 0.3) is 22.4 Å². The van der Waals surface area contributed by atoms with Crippen LogP contribution in [0.5, 0.6) is 0 Å². The average molecular weight is 398 g/mol. The minimum absolute atomic E-state index is 0.0723. The molecule has 0 spiro atoms. The predicted molar refractivity (Wildman–Crippen MR) is 124 cm³/mol. The Bertz CT molecular complexity index is 1170. The summed E-state index contributed by atoms with van der Waals surface area (Å²) in [5.74, 6) is 0.726. The Morgan fingerprint density at radius 1 is 0.900 bits per heavy atom. The summed E-state index contributed by atoms with van der Waals surface area (Å²) >= 11 is 0. The maximum absolute atomic E-state index is 13.1. The molecule has 4 rings (SSSR count). The number of para-hydroxylation sites is 3. The van der Waals surface area contributed by atoms with Gasteiger partial charge >= 0.3 is 0 Å². The Hall–Kier alpha value is -3.40. The average Bonchev–Trinajstić information content (AvgIpc) is 3.13. The van der Waals surface area contributed by atoms with Gasteiger partial charge in [-0.25, -0.2) is 4.98 Å². The summed E-state index contributed by atoms with van der Waals surface area (Å²) in [6.07, 6.45) is 0. The van der Waals surface area contributed by atoms with Gasteiger partial charge in [-0.05, 0) is 42.2 Å². The molecular weight excluding hydrogens is 370 g/mol. The van der Waals surface area contributed by atoms with Crippen molar-refractivity contribution in [3.63, 3.8) is 0 Å². The van der Waals surface area contributed by atoms with E-state index in [0.29, 0.717) is 0 Å². The van der Waals surface area contributed by atoms with Gasteiger partial charge in [0, 0.05) is 11.3 Å². The van der Waals surface area contributed by atoms with Crippen LogP contribution in [0.4, 0.5) is 5.69 Å². The van der Waals surface area contributed by atoms with Gasteiger partial charge in [0.2, 0.25) is 5.91 Å². The summed E-state index contributed by atoms with van der Waals surface area (Å²) < 4.78 is 2.03. The number of hydrogen-bond donors (Lipinski definition) is 1. The van der Waals surface area contributed by atoms with E-state index < -0.39 is 6.04 Å². The number of carbonyl (C=O) groups is 1. The molecule has 152 valence electrons. The number of imidazole rings is 1. The Morgan fingerprint density at radius 3 is 2.20 bits per heavy atom. The van der Waals surface area contributed by atoms with Crippen molar-refractivity contribution in [2.24, 2.45) is 0 Å². The number of nitrogens with one attached hydrogen (secondary N) is 1. The fourth-order valence-electron chi connectivity index (χ4n) is 3.64. The Morgan fingerprint density at radius 2 is 1.53 bits per heavy atom. The number of nitrogens with zero attached hydrogens (tertiary/aromatic N) is 2. The number of rotatable bonds is 4. The van der Waals surface area contributed by atoms with Gasteiger partial charge in [-0.3, -0.25) is 4.79 Å². The van der Waals surface area contributed by atoms with Crippen LogP contribution in [0.15, 0.2) is 78.9 Å². The highest BCUT2D eigenvalue weighted by Crippen LogP contribution is 2.31. The second-order valence-corrected chi connectivity index (χ2v) is 8.65. The van der Waals surface area contributed by atoms with Gasteiger partial charge in [0.1, 0.15) is 11.9 Å². The predicted octanol–water partition coefficient (Wildman–Crippen LogP) is 6.20. The van der Waals surface area contributed by atoms with E-state index in [0.717, 1.165) is 28.1 Å². The molecule has 1 heterocycles. The van der Waals surface area contributed by atoms with Crippen molar-refractivity contribution in [1.29, 1.82) is 0 Å². The summed E-state index contributed by atoms with van der Waals surface area (Å²) in [4.78, 5) is 17.9. The molecule has 0 radical (unpaired) electrons. The number of fused-ring (bicyclic) bond motifs is 1. The van der Waals surface area contributed by atoms with Crippen molar-refractivity contribution < 1.29 is 4.79 Å². The molecule has 1 atom stereocenters. The molecule has 0 saturated carbocycles. The summed E-state index contributed by atoms with van der Waals surface area (Å²) in [6.45, 7) is 8.52. The van der Waals surface area contributed by atoms with Crippen LogP contribution in [0.2, 0.25) is 0 Å². The van der Waals surface area contributed by atoms with E-state index in [1.807, 2.05) is 66.1 Å². The topological polar surface area (TPSA) is 46.9 Å². The first-order valence-electron chi connectivity index (χ1n) is 10.3. The number of benzene rings is 3. The first-order chi connectivity index (χ1) is 14.3. The summed E-state index contributed by atoms with van der Waals surface area (Å²) in [7, 11) is 0. The number of aromatic nitrogens is 2. The van der Waals surface area contributed by atoms with Crippen molar-refractivity contribution >= 4 is 22.6 Å². The minimum atomic E-state index is -0.421. The van der Waals surface area contributed by atoms with Crippen LogP contribution < -0.4 is 5.32 Å². The highest BCUT2D eigenvalue weighted by atomic mass is 16.2. The monoisotopic (exact) mass is 397 g/mol. The normalized spacial score (nSPS) is 12.7. The maximum atomic E-state index is 13.1. The standard InChI is InChI=1S/C26H27N3O/c1-18(25(30)27-21-10-6-5-7-11-21)29-23-13-9-8-12-22(23)28-24(29)19-14-16-20(17-15-19)26(2,3)4/h5-18H,1-4H3,(H,27,30). The van der Waals surface area contributed by atoms with Gasteiger partial charge in [-0.2, -0.15) is 0 Å². The molecule has 0 aliphatic heterocycles. The first kappa shape index (κ1) is 19.9. The largest absolute Gasteiger partial charge is 0.324 e. The Kier molecular flexibility index (Phi) is 5.17. The quantitative estimate of drug-likeness (QED) is 0.446. The van der Waals surface area contributed by atoms with Gasteiger partial charge in [-0.1, -0.05) is 75.4 Å². The highest BCUT2D eigenvalue weighted by Gasteiger charge is 2.23. The van der Waals surface area contributed by atoms with Gasteiger partial charge < -0.3 is 9.88 Å². The molecule has 0 saturated heterocycles. The van der Waals surface area contributed by atoms with Gasteiger partial charge in [0.15, 0.2) is 0 Å². The van der Waals surface area contributed by atoms with Crippen molar-refractivity contribution in [1.82, 2.24) is 9.55 Å². The van der Waals surface area contributed by atoms with E-state index in [1.54, 1.807) is 0 Å². The second-order valence-electron chi connectivity index (χ2n) is 8.65. The molecule has 0 aliphatic rings. The molecule has 3 aromatic carbocycles. The zero-order chi connectivity index (χ0) is 21.3. The lowest BCUT2D eigenvalue weighted by Gasteiger charge is -2.20.